The summed E-state index contributed by atoms with van der Waals surface area (Å²) in [6.45, 7) is 8.14. The number of aromatic nitrogens is 1. The average Bonchev–Trinajstić information content (AvgIpc) is 2.75. The third-order valence-electron chi connectivity index (χ3n) is 5.42. The fourth-order valence-electron chi connectivity index (χ4n) is 3.57. The molecular formula is C25H39NO4. The van der Waals surface area contributed by atoms with Crippen LogP contribution < -0.4 is 15.0 Å². The first-order valence-corrected chi connectivity index (χ1v) is 11.8. The van der Waals surface area contributed by atoms with E-state index in [1.54, 1.807) is 4.57 Å². The SMILES string of the molecule is CCCCCCOc1ccc2c(O)c(OCCCC)c(=O)n(CCCCCC)c2c1. The number of pyridine rings is 1. The number of unbranched alkanes of at least 4 members (excludes halogenated alkanes) is 7. The zero-order valence-corrected chi connectivity index (χ0v) is 19.0. The maximum absolute atomic E-state index is 13.1. The molecular weight excluding hydrogens is 378 g/mol. The van der Waals surface area contributed by atoms with Crippen molar-refractivity contribution in [1.29, 1.82) is 0 Å². The van der Waals surface area contributed by atoms with Crippen LogP contribution in [0.5, 0.6) is 17.2 Å². The molecule has 0 bridgehead atoms. The average molecular weight is 418 g/mol. The Labute approximate surface area is 181 Å². The predicted molar refractivity (Wildman–Crippen MR) is 124 cm³/mol. The number of ether oxygens (including phenoxy) is 2. The predicted octanol–water partition coefficient (Wildman–Crippen LogP) is 6.43. The summed E-state index contributed by atoms with van der Waals surface area (Å²) in [5.41, 5.74) is 0.454. The molecule has 0 fully saturated rings. The Hall–Kier alpha value is -2.17. The van der Waals surface area contributed by atoms with Crippen LogP contribution in [0, 0.1) is 0 Å². The number of hydrogen-bond donors (Lipinski definition) is 1. The summed E-state index contributed by atoms with van der Waals surface area (Å²) >= 11 is 0. The van der Waals surface area contributed by atoms with Crippen molar-refractivity contribution in [3.05, 3.63) is 28.6 Å². The van der Waals surface area contributed by atoms with Gasteiger partial charge in [-0.15, -0.1) is 0 Å². The lowest BCUT2D eigenvalue weighted by molar-refractivity contribution is 0.287. The summed E-state index contributed by atoms with van der Waals surface area (Å²) in [5, 5.41) is 11.4. The molecule has 0 amide bonds. The van der Waals surface area contributed by atoms with E-state index in [-0.39, 0.29) is 17.1 Å². The standard InChI is InChI=1S/C25H39NO4/c1-4-7-10-12-16-26-22-19-20(29-18-13-11-8-5-2)14-15-21(22)23(27)24(25(26)28)30-17-9-6-3/h14-15,19,27H,4-13,16-18H2,1-3H3. The highest BCUT2D eigenvalue weighted by Gasteiger charge is 2.18. The fraction of sp³-hybridized carbons (Fsp3) is 0.640. The summed E-state index contributed by atoms with van der Waals surface area (Å²) < 4.78 is 13.4. The van der Waals surface area contributed by atoms with E-state index in [1.165, 1.54) is 12.8 Å². The second-order valence-corrected chi connectivity index (χ2v) is 7.99. The number of aryl methyl sites for hydroxylation is 1. The van der Waals surface area contributed by atoms with Crippen LogP contribution in [0.2, 0.25) is 0 Å². The Morgan fingerprint density at radius 2 is 1.50 bits per heavy atom. The molecule has 0 atom stereocenters. The summed E-state index contributed by atoms with van der Waals surface area (Å²) in [5.74, 6) is 0.741. The van der Waals surface area contributed by atoms with E-state index in [2.05, 4.69) is 20.8 Å². The fourth-order valence-corrected chi connectivity index (χ4v) is 3.57. The molecule has 30 heavy (non-hydrogen) atoms. The maximum Gasteiger partial charge on any atom is 0.297 e. The van der Waals surface area contributed by atoms with Gasteiger partial charge in [-0.3, -0.25) is 4.79 Å². The third kappa shape index (κ3) is 6.68. The molecule has 0 aliphatic rings. The highest BCUT2D eigenvalue weighted by Crippen LogP contribution is 2.33. The Kier molecular flexibility index (Phi) is 10.6. The monoisotopic (exact) mass is 417 g/mol. The van der Waals surface area contributed by atoms with Gasteiger partial charge in [0.25, 0.3) is 5.56 Å². The minimum absolute atomic E-state index is 0.0644. The minimum atomic E-state index is -0.257. The summed E-state index contributed by atoms with van der Waals surface area (Å²) in [4.78, 5) is 13.1. The Morgan fingerprint density at radius 1 is 0.833 bits per heavy atom. The smallest absolute Gasteiger partial charge is 0.297 e. The molecule has 1 heterocycles. The molecule has 0 spiro atoms. The molecule has 0 saturated carbocycles. The van der Waals surface area contributed by atoms with E-state index >= 15 is 0 Å². The van der Waals surface area contributed by atoms with Crippen molar-refractivity contribution in [2.75, 3.05) is 13.2 Å². The highest BCUT2D eigenvalue weighted by molar-refractivity contribution is 5.88. The van der Waals surface area contributed by atoms with Gasteiger partial charge in [0.05, 0.1) is 18.7 Å². The molecule has 2 aromatic rings. The molecule has 1 aromatic carbocycles. The first kappa shape index (κ1) is 24.1. The van der Waals surface area contributed by atoms with Crippen LogP contribution in [0.3, 0.4) is 0 Å². The minimum Gasteiger partial charge on any atom is -0.504 e. The van der Waals surface area contributed by atoms with Crippen molar-refractivity contribution < 1.29 is 14.6 Å². The van der Waals surface area contributed by atoms with Crippen molar-refractivity contribution in [3.8, 4) is 17.2 Å². The number of hydrogen-bond acceptors (Lipinski definition) is 4. The normalized spacial score (nSPS) is 11.2. The van der Waals surface area contributed by atoms with Gasteiger partial charge in [0.2, 0.25) is 5.75 Å². The second-order valence-electron chi connectivity index (χ2n) is 7.99. The van der Waals surface area contributed by atoms with Crippen molar-refractivity contribution >= 4 is 10.9 Å². The lowest BCUT2D eigenvalue weighted by Crippen LogP contribution is -2.23. The molecule has 168 valence electrons. The highest BCUT2D eigenvalue weighted by atomic mass is 16.5. The van der Waals surface area contributed by atoms with Crippen LogP contribution in [-0.2, 0) is 6.54 Å². The Morgan fingerprint density at radius 3 is 2.20 bits per heavy atom. The molecule has 0 aliphatic heterocycles. The molecule has 0 unspecified atom stereocenters. The number of rotatable bonds is 15. The van der Waals surface area contributed by atoms with Gasteiger partial charge >= 0.3 is 0 Å². The molecule has 5 nitrogen and oxygen atoms in total. The number of nitrogens with zero attached hydrogens (tertiary/aromatic N) is 1. The van der Waals surface area contributed by atoms with E-state index in [1.807, 2.05) is 18.2 Å². The van der Waals surface area contributed by atoms with Gasteiger partial charge in [-0.1, -0.05) is 65.7 Å². The Balaban J connectivity index is 2.32. The van der Waals surface area contributed by atoms with Crippen LogP contribution in [0.4, 0.5) is 0 Å². The van der Waals surface area contributed by atoms with Crippen LogP contribution in [0.1, 0.15) is 85.0 Å². The molecule has 2 rings (SSSR count). The molecule has 1 aromatic heterocycles. The molecule has 0 saturated heterocycles. The first-order valence-electron chi connectivity index (χ1n) is 11.8. The van der Waals surface area contributed by atoms with Gasteiger partial charge in [0, 0.05) is 18.0 Å². The lowest BCUT2D eigenvalue weighted by atomic mass is 10.1. The first-order chi connectivity index (χ1) is 14.6. The Bertz CT molecular complexity index is 828. The topological polar surface area (TPSA) is 60.7 Å². The quantitative estimate of drug-likeness (QED) is 0.339. The summed E-state index contributed by atoms with van der Waals surface area (Å²) in [6.07, 6.45) is 10.7. The van der Waals surface area contributed by atoms with Crippen molar-refractivity contribution in [1.82, 2.24) is 4.57 Å². The zero-order chi connectivity index (χ0) is 21.8. The maximum atomic E-state index is 13.1. The van der Waals surface area contributed by atoms with Crippen molar-refractivity contribution in [2.24, 2.45) is 0 Å². The van der Waals surface area contributed by atoms with Gasteiger partial charge in [-0.05, 0) is 31.4 Å². The molecule has 0 aliphatic carbocycles. The van der Waals surface area contributed by atoms with Gasteiger partial charge in [-0.2, -0.15) is 0 Å². The van der Waals surface area contributed by atoms with Gasteiger partial charge in [0.15, 0.2) is 5.75 Å². The molecule has 0 radical (unpaired) electrons. The second kappa shape index (κ2) is 13.2. The van der Waals surface area contributed by atoms with Crippen LogP contribution in [0.15, 0.2) is 23.0 Å². The number of fused-ring (bicyclic) bond motifs is 1. The third-order valence-corrected chi connectivity index (χ3v) is 5.42. The van der Waals surface area contributed by atoms with E-state index < -0.39 is 0 Å². The number of benzene rings is 1. The van der Waals surface area contributed by atoms with Gasteiger partial charge in [0.1, 0.15) is 5.75 Å². The lowest BCUT2D eigenvalue weighted by Gasteiger charge is -2.16. The van der Waals surface area contributed by atoms with Crippen molar-refractivity contribution in [2.45, 2.75) is 91.5 Å². The van der Waals surface area contributed by atoms with E-state index in [0.717, 1.165) is 57.1 Å². The van der Waals surface area contributed by atoms with Crippen LogP contribution in [0.25, 0.3) is 10.9 Å². The molecule has 5 heteroatoms. The van der Waals surface area contributed by atoms with Gasteiger partial charge < -0.3 is 19.1 Å². The zero-order valence-electron chi connectivity index (χ0n) is 19.0. The van der Waals surface area contributed by atoms with E-state index in [9.17, 15) is 9.90 Å². The largest absolute Gasteiger partial charge is 0.504 e. The summed E-state index contributed by atoms with van der Waals surface area (Å²) in [7, 11) is 0. The molecule has 1 N–H and O–H groups in total. The van der Waals surface area contributed by atoms with E-state index in [4.69, 9.17) is 9.47 Å². The van der Waals surface area contributed by atoms with Crippen LogP contribution >= 0.6 is 0 Å². The summed E-state index contributed by atoms with van der Waals surface area (Å²) in [6, 6.07) is 5.58. The number of aromatic hydroxyl groups is 1. The van der Waals surface area contributed by atoms with E-state index in [0.29, 0.717) is 30.7 Å². The van der Waals surface area contributed by atoms with Gasteiger partial charge in [-0.25, -0.2) is 0 Å². The van der Waals surface area contributed by atoms with Crippen molar-refractivity contribution in [3.63, 3.8) is 0 Å². The van der Waals surface area contributed by atoms with Crippen LogP contribution in [-0.4, -0.2) is 22.9 Å².